The van der Waals surface area contributed by atoms with Gasteiger partial charge >= 0.3 is 5.97 Å². The number of aromatic amines is 1. The second-order valence-electron chi connectivity index (χ2n) is 7.56. The van der Waals surface area contributed by atoms with Crippen molar-refractivity contribution in [2.75, 3.05) is 0 Å². The average Bonchev–Trinajstić information content (AvgIpc) is 3.22. The van der Waals surface area contributed by atoms with Crippen molar-refractivity contribution in [2.24, 2.45) is 17.4 Å². The number of imidazole rings is 1. The number of aliphatic carboxylic acids is 1. The van der Waals surface area contributed by atoms with Gasteiger partial charge in [0.15, 0.2) is 0 Å². The summed E-state index contributed by atoms with van der Waals surface area (Å²) in [6.45, 7) is 4.76. The van der Waals surface area contributed by atoms with Crippen LogP contribution < -0.4 is 27.4 Å². The molecular weight excluding hydrogens is 422 g/mol. The second-order valence-corrected chi connectivity index (χ2v) is 7.56. The molecule has 5 unspecified atom stereocenters. The maximum Gasteiger partial charge on any atom is 0.325 e. The minimum Gasteiger partial charge on any atom is -0.480 e. The quantitative estimate of drug-likeness (QED) is 0.172. The number of carbonyl (C=O) groups excluding carboxylic acids is 4. The van der Waals surface area contributed by atoms with Crippen LogP contribution in [0.15, 0.2) is 12.5 Å². The Morgan fingerprint density at radius 2 is 1.75 bits per heavy atom. The molecule has 1 aromatic heterocycles. The fourth-order valence-corrected chi connectivity index (χ4v) is 2.74. The molecule has 9 N–H and O–H groups in total. The molecule has 0 saturated carbocycles. The zero-order valence-electron chi connectivity index (χ0n) is 18.3. The lowest BCUT2D eigenvalue weighted by atomic mass is 9.97. The normalized spacial score (nSPS) is 15.5. The number of amides is 4. The van der Waals surface area contributed by atoms with Crippen LogP contribution in [-0.4, -0.2) is 68.8 Å². The third kappa shape index (κ3) is 8.34. The van der Waals surface area contributed by atoms with E-state index < -0.39 is 60.2 Å². The smallest absolute Gasteiger partial charge is 0.325 e. The molecule has 1 heterocycles. The predicted molar refractivity (Wildman–Crippen MR) is 113 cm³/mol. The Balaban J connectivity index is 2.92. The molecule has 0 spiro atoms. The number of carboxylic acids is 1. The van der Waals surface area contributed by atoms with Gasteiger partial charge in [0.2, 0.25) is 23.6 Å². The van der Waals surface area contributed by atoms with Gasteiger partial charge in [-0.2, -0.15) is 0 Å². The Labute approximate surface area is 185 Å². The van der Waals surface area contributed by atoms with Gasteiger partial charge in [-0.15, -0.1) is 0 Å². The van der Waals surface area contributed by atoms with Crippen molar-refractivity contribution in [1.29, 1.82) is 0 Å². The molecule has 13 nitrogen and oxygen atoms in total. The first-order chi connectivity index (χ1) is 15.0. The number of rotatable bonds is 13. The first kappa shape index (κ1) is 26.6. The van der Waals surface area contributed by atoms with Gasteiger partial charge in [0.1, 0.15) is 18.1 Å². The number of nitrogens with zero attached hydrogens (tertiary/aromatic N) is 1. The van der Waals surface area contributed by atoms with E-state index in [1.54, 1.807) is 6.92 Å². The number of aromatic nitrogens is 2. The molecule has 0 aliphatic heterocycles. The van der Waals surface area contributed by atoms with Crippen LogP contribution in [-0.2, 0) is 30.4 Å². The summed E-state index contributed by atoms with van der Waals surface area (Å²) in [5.74, 6) is -4.72. The monoisotopic (exact) mass is 453 g/mol. The number of hydrogen-bond donors (Lipinski definition) is 7. The Morgan fingerprint density at radius 1 is 1.09 bits per heavy atom. The van der Waals surface area contributed by atoms with Crippen LogP contribution in [0.4, 0.5) is 0 Å². The number of H-pyrrole nitrogens is 1. The molecule has 0 radical (unpaired) electrons. The fraction of sp³-hybridized carbons (Fsp3) is 0.579. The van der Waals surface area contributed by atoms with Gasteiger partial charge in [-0.1, -0.05) is 20.3 Å². The molecule has 0 saturated heterocycles. The van der Waals surface area contributed by atoms with E-state index in [0.29, 0.717) is 12.1 Å². The summed E-state index contributed by atoms with van der Waals surface area (Å²) in [6.07, 6.45) is 3.10. The van der Waals surface area contributed by atoms with Crippen molar-refractivity contribution in [3.8, 4) is 0 Å². The molecule has 0 bridgehead atoms. The van der Waals surface area contributed by atoms with Crippen molar-refractivity contribution >= 4 is 29.6 Å². The minimum atomic E-state index is -1.41. The zero-order valence-corrected chi connectivity index (χ0v) is 18.3. The van der Waals surface area contributed by atoms with Crippen LogP contribution in [0.1, 0.15) is 39.3 Å². The van der Waals surface area contributed by atoms with Gasteiger partial charge in [-0.25, -0.2) is 4.98 Å². The molecule has 0 aliphatic rings. The van der Waals surface area contributed by atoms with E-state index >= 15 is 0 Å². The minimum absolute atomic E-state index is 0.167. The summed E-state index contributed by atoms with van der Waals surface area (Å²) < 4.78 is 0. The maximum absolute atomic E-state index is 12.9. The van der Waals surface area contributed by atoms with Crippen molar-refractivity contribution < 1.29 is 29.1 Å². The van der Waals surface area contributed by atoms with Crippen molar-refractivity contribution in [3.63, 3.8) is 0 Å². The topological polar surface area (TPSA) is 222 Å². The van der Waals surface area contributed by atoms with E-state index in [9.17, 15) is 24.0 Å². The Hall–Kier alpha value is -3.48. The van der Waals surface area contributed by atoms with Crippen LogP contribution in [0.5, 0.6) is 0 Å². The number of carboxylic acid groups (broad SMARTS) is 1. The predicted octanol–water partition coefficient (Wildman–Crippen LogP) is -2.24. The average molecular weight is 454 g/mol. The molecule has 0 fully saturated rings. The zero-order chi connectivity index (χ0) is 24.4. The van der Waals surface area contributed by atoms with E-state index in [0.717, 1.165) is 0 Å². The fourth-order valence-electron chi connectivity index (χ4n) is 2.74. The molecule has 32 heavy (non-hydrogen) atoms. The lowest BCUT2D eigenvalue weighted by Gasteiger charge is -2.27. The highest BCUT2D eigenvalue weighted by atomic mass is 16.4. The largest absolute Gasteiger partial charge is 0.480 e. The van der Waals surface area contributed by atoms with Crippen LogP contribution in [0.25, 0.3) is 0 Å². The van der Waals surface area contributed by atoms with Gasteiger partial charge in [0.25, 0.3) is 0 Å². The summed E-state index contributed by atoms with van der Waals surface area (Å²) in [7, 11) is 0. The van der Waals surface area contributed by atoms with Crippen molar-refractivity contribution in [1.82, 2.24) is 25.9 Å². The highest BCUT2D eigenvalue weighted by Crippen LogP contribution is 2.10. The lowest BCUT2D eigenvalue weighted by molar-refractivity contribution is -0.142. The Morgan fingerprint density at radius 3 is 2.25 bits per heavy atom. The van der Waals surface area contributed by atoms with E-state index in [-0.39, 0.29) is 12.3 Å². The van der Waals surface area contributed by atoms with E-state index in [1.807, 2.05) is 6.92 Å². The first-order valence-electron chi connectivity index (χ1n) is 10.1. The van der Waals surface area contributed by atoms with Gasteiger partial charge in [-0.3, -0.25) is 24.0 Å². The highest BCUT2D eigenvalue weighted by molar-refractivity contribution is 5.96. The second kappa shape index (κ2) is 12.4. The van der Waals surface area contributed by atoms with Crippen molar-refractivity contribution in [2.45, 2.75) is 64.2 Å². The van der Waals surface area contributed by atoms with Crippen LogP contribution in [0, 0.1) is 5.92 Å². The third-order valence-electron chi connectivity index (χ3n) is 4.89. The number of primary amides is 1. The molecule has 0 aliphatic carbocycles. The standard InChI is InChI=1S/C19H31N7O6/c1-4-9(2)15(26-16(28)12(20)5-11-7-22-8-23-11)18(30)25-13(6-14(21)27)17(29)24-10(3)19(31)32/h7-10,12-13,15H,4-6,20H2,1-3H3,(H2,21,27)(H,22,23)(H,24,29)(H,25,30)(H,26,28)(H,31,32). The maximum atomic E-state index is 12.9. The lowest BCUT2D eigenvalue weighted by Crippen LogP contribution is -2.59. The summed E-state index contributed by atoms with van der Waals surface area (Å²) in [5.41, 5.74) is 11.7. The van der Waals surface area contributed by atoms with Crippen LogP contribution in [0.2, 0.25) is 0 Å². The van der Waals surface area contributed by atoms with Crippen LogP contribution >= 0.6 is 0 Å². The van der Waals surface area contributed by atoms with E-state index in [1.165, 1.54) is 19.4 Å². The van der Waals surface area contributed by atoms with Gasteiger partial charge in [-0.05, 0) is 12.8 Å². The van der Waals surface area contributed by atoms with Gasteiger partial charge in [0.05, 0.1) is 18.8 Å². The number of carbonyl (C=O) groups is 5. The molecule has 13 heteroatoms. The highest BCUT2D eigenvalue weighted by Gasteiger charge is 2.32. The van der Waals surface area contributed by atoms with E-state index in [4.69, 9.17) is 16.6 Å². The molecule has 178 valence electrons. The SMILES string of the molecule is CCC(C)C(NC(=O)C(N)Cc1cnc[nH]1)C(=O)NC(CC(N)=O)C(=O)NC(C)C(=O)O. The molecule has 1 rings (SSSR count). The number of hydrogen-bond acceptors (Lipinski definition) is 7. The van der Waals surface area contributed by atoms with Gasteiger partial charge < -0.3 is 37.5 Å². The summed E-state index contributed by atoms with van der Waals surface area (Å²) >= 11 is 0. The van der Waals surface area contributed by atoms with Gasteiger partial charge in [0, 0.05) is 18.3 Å². The molecule has 0 aromatic carbocycles. The summed E-state index contributed by atoms with van der Waals surface area (Å²) in [4.78, 5) is 66.9. The first-order valence-corrected chi connectivity index (χ1v) is 10.1. The molecular formula is C19H31N7O6. The van der Waals surface area contributed by atoms with Crippen molar-refractivity contribution in [3.05, 3.63) is 18.2 Å². The summed E-state index contributed by atoms with van der Waals surface area (Å²) in [6, 6.07) is -4.68. The third-order valence-corrected chi connectivity index (χ3v) is 4.89. The van der Waals surface area contributed by atoms with E-state index in [2.05, 4.69) is 25.9 Å². The molecule has 1 aromatic rings. The number of nitrogens with two attached hydrogens (primary N) is 2. The number of nitrogens with one attached hydrogen (secondary N) is 4. The molecule has 4 amide bonds. The van der Waals surface area contributed by atoms with Crippen LogP contribution in [0.3, 0.4) is 0 Å². The molecule has 5 atom stereocenters. The Kier molecular flexibility index (Phi) is 10.3. The summed E-state index contributed by atoms with van der Waals surface area (Å²) in [5, 5.41) is 16.1. The Bertz CT molecular complexity index is 813.